The van der Waals surface area contributed by atoms with Crippen molar-refractivity contribution in [2.45, 2.75) is 25.8 Å². The van der Waals surface area contributed by atoms with Gasteiger partial charge in [0, 0.05) is 30.3 Å². The fourth-order valence-corrected chi connectivity index (χ4v) is 2.05. The van der Waals surface area contributed by atoms with Gasteiger partial charge < -0.3 is 10.0 Å². The number of nitro groups is 1. The van der Waals surface area contributed by atoms with E-state index in [1.165, 1.54) is 24.3 Å². The predicted octanol–water partition coefficient (Wildman–Crippen LogP) is 1.92. The largest absolute Gasteiger partial charge is 0.481 e. The monoisotopic (exact) mass is 292 g/mol. The number of nitrogens with zero attached hydrogens (tertiary/aromatic N) is 2. The highest BCUT2D eigenvalue weighted by molar-refractivity contribution is 5.95. The minimum Gasteiger partial charge on any atom is -0.481 e. The fraction of sp³-hybridized carbons (Fsp3) is 0.429. The Labute approximate surface area is 121 Å². The molecule has 0 spiro atoms. The molecule has 1 atom stereocenters. The first-order valence-electron chi connectivity index (χ1n) is 6.68. The molecule has 7 nitrogen and oxygen atoms in total. The van der Waals surface area contributed by atoms with Crippen molar-refractivity contribution in [3.63, 3.8) is 0 Å². The number of carbonyl (C=O) groups is 2. The third-order valence-corrected chi connectivity index (χ3v) is 3.47. The smallest absolute Gasteiger partial charge is 0.308 e. The SMILES string of the molecule is CC(CN(C(=O)c1ccc([N+](=O)[O-])cc1)C1CC1)C(=O)O. The first-order valence-corrected chi connectivity index (χ1v) is 6.68. The molecule has 1 aliphatic rings. The summed E-state index contributed by atoms with van der Waals surface area (Å²) >= 11 is 0. The summed E-state index contributed by atoms with van der Waals surface area (Å²) < 4.78 is 0. The molecule has 1 unspecified atom stereocenters. The van der Waals surface area contributed by atoms with Gasteiger partial charge in [0.25, 0.3) is 11.6 Å². The van der Waals surface area contributed by atoms with E-state index < -0.39 is 16.8 Å². The van der Waals surface area contributed by atoms with Crippen LogP contribution >= 0.6 is 0 Å². The molecule has 21 heavy (non-hydrogen) atoms. The van der Waals surface area contributed by atoms with E-state index in [-0.39, 0.29) is 24.2 Å². The van der Waals surface area contributed by atoms with Crippen LogP contribution in [0.25, 0.3) is 0 Å². The van der Waals surface area contributed by atoms with Gasteiger partial charge in [-0.15, -0.1) is 0 Å². The number of non-ortho nitro benzene ring substituents is 1. The second-order valence-corrected chi connectivity index (χ2v) is 5.23. The highest BCUT2D eigenvalue weighted by atomic mass is 16.6. The van der Waals surface area contributed by atoms with E-state index in [1.54, 1.807) is 11.8 Å². The lowest BCUT2D eigenvalue weighted by Gasteiger charge is -2.24. The average molecular weight is 292 g/mol. The number of carbonyl (C=O) groups excluding carboxylic acids is 1. The minimum absolute atomic E-state index is 0.0782. The second-order valence-electron chi connectivity index (χ2n) is 5.23. The normalized spacial score (nSPS) is 15.3. The van der Waals surface area contributed by atoms with E-state index >= 15 is 0 Å². The number of aliphatic carboxylic acids is 1. The predicted molar refractivity (Wildman–Crippen MR) is 74.0 cm³/mol. The maximum absolute atomic E-state index is 12.4. The van der Waals surface area contributed by atoms with E-state index in [1.807, 2.05) is 0 Å². The molecule has 0 saturated heterocycles. The number of benzene rings is 1. The Morgan fingerprint density at radius 3 is 2.38 bits per heavy atom. The van der Waals surface area contributed by atoms with Crippen LogP contribution in [0.1, 0.15) is 30.1 Å². The molecule has 0 aliphatic heterocycles. The lowest BCUT2D eigenvalue weighted by atomic mass is 10.1. The molecule has 7 heteroatoms. The molecule has 0 radical (unpaired) electrons. The van der Waals surface area contributed by atoms with Crippen molar-refractivity contribution < 1.29 is 19.6 Å². The fourth-order valence-electron chi connectivity index (χ4n) is 2.05. The van der Waals surface area contributed by atoms with Crippen molar-refractivity contribution in [1.29, 1.82) is 0 Å². The first kappa shape index (κ1) is 15.0. The molecule has 1 aliphatic carbocycles. The van der Waals surface area contributed by atoms with Crippen LogP contribution in [-0.2, 0) is 4.79 Å². The molecule has 0 aromatic heterocycles. The third kappa shape index (κ3) is 3.56. The topological polar surface area (TPSA) is 101 Å². The number of hydrogen-bond acceptors (Lipinski definition) is 4. The molecular formula is C14H16N2O5. The van der Waals surface area contributed by atoms with Gasteiger partial charge in [-0.2, -0.15) is 0 Å². The number of nitro benzene ring substituents is 1. The van der Waals surface area contributed by atoms with E-state index in [9.17, 15) is 19.7 Å². The maximum atomic E-state index is 12.4. The molecule has 0 heterocycles. The Balaban J connectivity index is 2.14. The van der Waals surface area contributed by atoms with E-state index in [4.69, 9.17) is 5.11 Å². The zero-order chi connectivity index (χ0) is 15.6. The van der Waals surface area contributed by atoms with E-state index in [0.29, 0.717) is 5.56 Å². The van der Waals surface area contributed by atoms with Crippen molar-refractivity contribution in [2.24, 2.45) is 5.92 Å². The lowest BCUT2D eigenvalue weighted by Crippen LogP contribution is -2.38. The zero-order valence-electron chi connectivity index (χ0n) is 11.6. The van der Waals surface area contributed by atoms with Gasteiger partial charge in [0.1, 0.15) is 0 Å². The van der Waals surface area contributed by atoms with E-state index in [0.717, 1.165) is 12.8 Å². The molecule has 0 bridgehead atoms. The van der Waals surface area contributed by atoms with Crippen molar-refractivity contribution in [3.8, 4) is 0 Å². The van der Waals surface area contributed by atoms with Gasteiger partial charge in [0.05, 0.1) is 10.8 Å². The second kappa shape index (κ2) is 5.90. The average Bonchev–Trinajstić information content (AvgIpc) is 3.28. The molecule has 1 aromatic rings. The Kier molecular flexibility index (Phi) is 4.21. The maximum Gasteiger partial charge on any atom is 0.308 e. The van der Waals surface area contributed by atoms with Gasteiger partial charge in [-0.05, 0) is 25.0 Å². The number of carboxylic acid groups (broad SMARTS) is 1. The van der Waals surface area contributed by atoms with Crippen molar-refractivity contribution in [3.05, 3.63) is 39.9 Å². The molecule has 1 amide bonds. The van der Waals surface area contributed by atoms with Crippen molar-refractivity contribution in [1.82, 2.24) is 4.90 Å². The van der Waals surface area contributed by atoms with Crippen LogP contribution in [0.3, 0.4) is 0 Å². The van der Waals surface area contributed by atoms with Crippen LogP contribution < -0.4 is 0 Å². The van der Waals surface area contributed by atoms with Gasteiger partial charge in [-0.3, -0.25) is 19.7 Å². The van der Waals surface area contributed by atoms with Crippen LogP contribution in [0.15, 0.2) is 24.3 Å². The van der Waals surface area contributed by atoms with Gasteiger partial charge in [0.2, 0.25) is 0 Å². The lowest BCUT2D eigenvalue weighted by molar-refractivity contribution is -0.384. The highest BCUT2D eigenvalue weighted by Crippen LogP contribution is 2.29. The quantitative estimate of drug-likeness (QED) is 0.637. The molecule has 1 fully saturated rings. The Morgan fingerprint density at radius 1 is 1.38 bits per heavy atom. The summed E-state index contributed by atoms with van der Waals surface area (Å²) in [4.78, 5) is 35.0. The summed E-state index contributed by atoms with van der Waals surface area (Å²) in [6, 6.07) is 5.44. The van der Waals surface area contributed by atoms with Crippen LogP contribution in [0.4, 0.5) is 5.69 Å². The van der Waals surface area contributed by atoms with Gasteiger partial charge >= 0.3 is 5.97 Å². The molecule has 1 N–H and O–H groups in total. The number of amides is 1. The molecule has 112 valence electrons. The standard InChI is InChI=1S/C14H16N2O5/c1-9(14(18)19)8-15(11-6-7-11)13(17)10-2-4-12(5-3-10)16(20)21/h2-5,9,11H,6-8H2,1H3,(H,18,19). The van der Waals surface area contributed by atoms with Gasteiger partial charge in [-0.25, -0.2) is 0 Å². The minimum atomic E-state index is -0.947. The Morgan fingerprint density at radius 2 is 1.95 bits per heavy atom. The Bertz CT molecular complexity index is 565. The van der Waals surface area contributed by atoms with Crippen LogP contribution in [-0.4, -0.2) is 39.4 Å². The first-order chi connectivity index (χ1) is 9.90. The van der Waals surface area contributed by atoms with Crippen molar-refractivity contribution in [2.75, 3.05) is 6.54 Å². The summed E-state index contributed by atoms with van der Waals surface area (Å²) in [6.07, 6.45) is 1.73. The summed E-state index contributed by atoms with van der Waals surface area (Å²) in [5.41, 5.74) is 0.258. The molecule has 1 aromatic carbocycles. The van der Waals surface area contributed by atoms with Crippen LogP contribution in [0.2, 0.25) is 0 Å². The summed E-state index contributed by atoms with van der Waals surface area (Å²) in [7, 11) is 0. The number of hydrogen-bond donors (Lipinski definition) is 1. The molecular weight excluding hydrogens is 276 g/mol. The number of carboxylic acids is 1. The summed E-state index contributed by atoms with van der Waals surface area (Å²) in [5.74, 6) is -1.87. The number of rotatable bonds is 6. The van der Waals surface area contributed by atoms with E-state index in [2.05, 4.69) is 0 Å². The van der Waals surface area contributed by atoms with Gasteiger partial charge in [-0.1, -0.05) is 6.92 Å². The highest BCUT2D eigenvalue weighted by Gasteiger charge is 2.35. The molecule has 2 rings (SSSR count). The Hall–Kier alpha value is -2.44. The zero-order valence-corrected chi connectivity index (χ0v) is 11.6. The van der Waals surface area contributed by atoms with Crippen LogP contribution in [0, 0.1) is 16.0 Å². The van der Waals surface area contributed by atoms with Crippen LogP contribution in [0.5, 0.6) is 0 Å². The summed E-state index contributed by atoms with van der Waals surface area (Å²) in [5, 5.41) is 19.6. The van der Waals surface area contributed by atoms with Crippen molar-refractivity contribution >= 4 is 17.6 Å². The van der Waals surface area contributed by atoms with Gasteiger partial charge in [0.15, 0.2) is 0 Å². The summed E-state index contributed by atoms with van der Waals surface area (Å²) in [6.45, 7) is 1.71. The third-order valence-electron chi connectivity index (χ3n) is 3.47. The molecule has 1 saturated carbocycles.